The summed E-state index contributed by atoms with van der Waals surface area (Å²) in [5, 5.41) is 14.1. The Balaban J connectivity index is 1.95. The number of rotatable bonds is 6. The van der Waals surface area contributed by atoms with Gasteiger partial charge in [-0.25, -0.2) is 4.98 Å². The first-order valence-corrected chi connectivity index (χ1v) is 6.48. The van der Waals surface area contributed by atoms with E-state index in [1.165, 1.54) is 17.4 Å². The number of nitro groups is 1. The van der Waals surface area contributed by atoms with Gasteiger partial charge >= 0.3 is 5.00 Å². The quantitative estimate of drug-likeness (QED) is 0.621. The minimum Gasteiger partial charge on any atom is -0.347 e. The number of hydrogen-bond acceptors (Lipinski definition) is 5. The third-order valence-corrected chi connectivity index (χ3v) is 3.64. The van der Waals surface area contributed by atoms with Gasteiger partial charge in [0, 0.05) is 29.9 Å². The average Bonchev–Trinajstić information content (AvgIpc) is 3.00. The topological polar surface area (TPSA) is 83.8 Å². The number of nitrogens with one attached hydrogen (secondary N) is 2. The van der Waals surface area contributed by atoms with Crippen LogP contribution in [-0.4, -0.2) is 14.9 Å². The van der Waals surface area contributed by atoms with Crippen LogP contribution in [0, 0.1) is 10.1 Å². The van der Waals surface area contributed by atoms with Crippen LogP contribution in [0.3, 0.4) is 0 Å². The summed E-state index contributed by atoms with van der Waals surface area (Å²) < 4.78 is 0. The van der Waals surface area contributed by atoms with E-state index in [0.29, 0.717) is 6.54 Å². The van der Waals surface area contributed by atoms with Gasteiger partial charge in [-0.1, -0.05) is 18.3 Å². The van der Waals surface area contributed by atoms with E-state index >= 15 is 0 Å². The lowest BCUT2D eigenvalue weighted by atomic mass is 10.2. The molecule has 0 fully saturated rings. The normalized spacial score (nSPS) is 12.5. The van der Waals surface area contributed by atoms with E-state index in [9.17, 15) is 10.1 Å². The molecule has 2 N–H and O–H groups in total. The third kappa shape index (κ3) is 2.93. The minimum absolute atomic E-state index is 0.140. The van der Waals surface area contributed by atoms with Gasteiger partial charge in [-0.3, -0.25) is 10.1 Å². The highest BCUT2D eigenvalue weighted by Crippen LogP contribution is 2.24. The smallest absolute Gasteiger partial charge is 0.324 e. The first-order chi connectivity index (χ1) is 8.70. The van der Waals surface area contributed by atoms with E-state index in [1.54, 1.807) is 18.5 Å². The summed E-state index contributed by atoms with van der Waals surface area (Å²) in [6.45, 7) is 2.68. The third-order valence-electron chi connectivity index (χ3n) is 2.61. The molecule has 1 unspecified atom stereocenters. The van der Waals surface area contributed by atoms with Gasteiger partial charge < -0.3 is 10.3 Å². The van der Waals surface area contributed by atoms with Crippen molar-refractivity contribution in [1.29, 1.82) is 0 Å². The zero-order valence-corrected chi connectivity index (χ0v) is 10.7. The van der Waals surface area contributed by atoms with Gasteiger partial charge in [-0.15, -0.1) is 0 Å². The van der Waals surface area contributed by atoms with Crippen LogP contribution in [-0.2, 0) is 6.54 Å². The molecule has 0 aliphatic heterocycles. The Labute approximate surface area is 108 Å². The summed E-state index contributed by atoms with van der Waals surface area (Å²) in [5.74, 6) is 0.892. The maximum absolute atomic E-state index is 10.6. The van der Waals surface area contributed by atoms with Gasteiger partial charge in [-0.2, -0.15) is 0 Å². The summed E-state index contributed by atoms with van der Waals surface area (Å²) in [4.78, 5) is 18.4. The number of aromatic nitrogens is 2. The monoisotopic (exact) mass is 266 g/mol. The number of thiophene rings is 1. The van der Waals surface area contributed by atoms with Crippen LogP contribution in [0.1, 0.15) is 30.1 Å². The largest absolute Gasteiger partial charge is 0.347 e. The van der Waals surface area contributed by atoms with Crippen LogP contribution < -0.4 is 5.32 Å². The predicted octanol–water partition coefficient (Wildman–Crippen LogP) is 2.62. The van der Waals surface area contributed by atoms with Crippen molar-refractivity contribution in [2.45, 2.75) is 25.9 Å². The Hall–Kier alpha value is -1.73. The number of aromatic amines is 1. The summed E-state index contributed by atoms with van der Waals surface area (Å²) in [7, 11) is 0. The van der Waals surface area contributed by atoms with Crippen molar-refractivity contribution in [2.24, 2.45) is 0 Å². The molecular formula is C11H14N4O2S. The average molecular weight is 266 g/mol. The maximum Gasteiger partial charge on any atom is 0.324 e. The molecule has 0 saturated heterocycles. The molecule has 18 heavy (non-hydrogen) atoms. The zero-order chi connectivity index (χ0) is 13.0. The van der Waals surface area contributed by atoms with Gasteiger partial charge in [-0.05, 0) is 12.5 Å². The Kier molecular flexibility index (Phi) is 4.06. The highest BCUT2D eigenvalue weighted by atomic mass is 32.1. The summed E-state index contributed by atoms with van der Waals surface area (Å²) >= 11 is 1.20. The van der Waals surface area contributed by atoms with Crippen LogP contribution in [0.5, 0.6) is 0 Å². The molecular weight excluding hydrogens is 252 g/mol. The van der Waals surface area contributed by atoms with Gasteiger partial charge in [0.2, 0.25) is 0 Å². The van der Waals surface area contributed by atoms with E-state index in [4.69, 9.17) is 0 Å². The van der Waals surface area contributed by atoms with Crippen molar-refractivity contribution < 1.29 is 4.92 Å². The fourth-order valence-electron chi connectivity index (χ4n) is 1.69. The van der Waals surface area contributed by atoms with Gasteiger partial charge in [0.1, 0.15) is 5.82 Å². The van der Waals surface area contributed by atoms with Crippen molar-refractivity contribution in [3.8, 4) is 0 Å². The molecule has 0 bridgehead atoms. The molecule has 0 spiro atoms. The predicted molar refractivity (Wildman–Crippen MR) is 69.4 cm³/mol. The van der Waals surface area contributed by atoms with Crippen molar-refractivity contribution in [3.63, 3.8) is 0 Å². The molecule has 2 aromatic rings. The lowest BCUT2D eigenvalue weighted by molar-refractivity contribution is -0.380. The Morgan fingerprint density at radius 3 is 3.00 bits per heavy atom. The van der Waals surface area contributed by atoms with Crippen molar-refractivity contribution in [2.75, 3.05) is 0 Å². The van der Waals surface area contributed by atoms with Crippen molar-refractivity contribution in [3.05, 3.63) is 45.3 Å². The molecule has 0 aliphatic rings. The molecule has 0 radical (unpaired) electrons. The summed E-state index contributed by atoms with van der Waals surface area (Å²) in [6, 6.07) is 3.46. The fraction of sp³-hybridized carbons (Fsp3) is 0.364. The van der Waals surface area contributed by atoms with E-state index in [2.05, 4.69) is 22.2 Å². The fourth-order valence-corrected chi connectivity index (χ4v) is 2.46. The molecule has 96 valence electrons. The number of imidazole rings is 1. The number of H-pyrrole nitrogens is 1. The maximum atomic E-state index is 10.6. The van der Waals surface area contributed by atoms with E-state index < -0.39 is 0 Å². The van der Waals surface area contributed by atoms with Crippen molar-refractivity contribution in [1.82, 2.24) is 15.3 Å². The molecule has 2 rings (SSSR count). The van der Waals surface area contributed by atoms with E-state index in [-0.39, 0.29) is 16.0 Å². The highest BCUT2D eigenvalue weighted by Gasteiger charge is 2.13. The SMILES string of the molecule is CCC(NCc1ccc([N+](=O)[O-])s1)c1ncc[nH]1. The Morgan fingerprint density at radius 1 is 1.61 bits per heavy atom. The van der Waals surface area contributed by atoms with Crippen LogP contribution in [0.25, 0.3) is 0 Å². The van der Waals surface area contributed by atoms with Gasteiger partial charge in [0.25, 0.3) is 0 Å². The van der Waals surface area contributed by atoms with E-state index in [0.717, 1.165) is 17.1 Å². The lowest BCUT2D eigenvalue weighted by Gasteiger charge is -2.13. The molecule has 7 heteroatoms. The highest BCUT2D eigenvalue weighted by molar-refractivity contribution is 7.15. The van der Waals surface area contributed by atoms with E-state index in [1.807, 2.05) is 0 Å². The first-order valence-electron chi connectivity index (χ1n) is 5.66. The summed E-state index contributed by atoms with van der Waals surface area (Å²) in [5.41, 5.74) is 0. The molecule has 0 aliphatic carbocycles. The second-order valence-electron chi connectivity index (χ2n) is 3.81. The number of hydrogen-bond donors (Lipinski definition) is 2. The Morgan fingerprint density at radius 2 is 2.44 bits per heavy atom. The van der Waals surface area contributed by atoms with Crippen LogP contribution in [0.2, 0.25) is 0 Å². The van der Waals surface area contributed by atoms with Crippen LogP contribution >= 0.6 is 11.3 Å². The van der Waals surface area contributed by atoms with Crippen molar-refractivity contribution >= 4 is 16.3 Å². The lowest BCUT2D eigenvalue weighted by Crippen LogP contribution is -2.20. The molecule has 2 heterocycles. The summed E-state index contributed by atoms with van der Waals surface area (Å²) in [6.07, 6.45) is 4.41. The molecule has 0 saturated carbocycles. The van der Waals surface area contributed by atoms with Crippen LogP contribution in [0.4, 0.5) is 5.00 Å². The van der Waals surface area contributed by atoms with Crippen LogP contribution in [0.15, 0.2) is 24.5 Å². The molecule has 0 amide bonds. The second kappa shape index (κ2) is 5.74. The first kappa shape index (κ1) is 12.7. The molecule has 0 aromatic carbocycles. The standard InChI is InChI=1S/C11H14N4O2S/c1-2-9(11-12-5-6-13-11)14-7-8-3-4-10(18-8)15(16)17/h3-6,9,14H,2,7H2,1H3,(H,12,13). The van der Waals surface area contributed by atoms with Gasteiger partial charge in [0.05, 0.1) is 11.0 Å². The molecule has 6 nitrogen and oxygen atoms in total. The Bertz CT molecular complexity index is 509. The molecule has 1 atom stereocenters. The van der Waals surface area contributed by atoms with Gasteiger partial charge in [0.15, 0.2) is 0 Å². The number of nitrogens with zero attached hydrogens (tertiary/aromatic N) is 2. The minimum atomic E-state index is -0.363. The molecule has 2 aromatic heterocycles. The zero-order valence-electron chi connectivity index (χ0n) is 9.92. The second-order valence-corrected chi connectivity index (χ2v) is 4.96.